The van der Waals surface area contributed by atoms with Gasteiger partial charge in [-0.1, -0.05) is 11.6 Å². The van der Waals surface area contributed by atoms with Crippen LogP contribution in [0.5, 0.6) is 11.5 Å². The maximum absolute atomic E-state index is 12.5. The first-order valence-electron chi connectivity index (χ1n) is 8.27. The molecule has 0 saturated heterocycles. The minimum absolute atomic E-state index is 0.0466. The summed E-state index contributed by atoms with van der Waals surface area (Å²) in [4.78, 5) is 35.1. The van der Waals surface area contributed by atoms with Gasteiger partial charge in [-0.15, -0.1) is 0 Å². The minimum Gasteiger partial charge on any atom is -0.457 e. The summed E-state index contributed by atoms with van der Waals surface area (Å²) in [5.74, 6) is -0.310. The average Bonchev–Trinajstić information content (AvgIpc) is 3.07. The van der Waals surface area contributed by atoms with Gasteiger partial charge in [-0.2, -0.15) is 0 Å². The van der Waals surface area contributed by atoms with Gasteiger partial charge >= 0.3 is 5.97 Å². The number of rotatable bonds is 5. The second-order valence-corrected chi connectivity index (χ2v) is 6.46. The zero-order chi connectivity index (χ0) is 20.3. The van der Waals surface area contributed by atoms with Crippen LogP contribution in [0.2, 0.25) is 5.02 Å². The van der Waals surface area contributed by atoms with Gasteiger partial charge in [0.1, 0.15) is 6.61 Å². The fourth-order valence-electron chi connectivity index (χ4n) is 2.63. The van der Waals surface area contributed by atoms with Crippen molar-refractivity contribution in [2.75, 3.05) is 17.4 Å². The largest absolute Gasteiger partial charge is 0.457 e. The third kappa shape index (κ3) is 4.72. The van der Waals surface area contributed by atoms with Gasteiger partial charge < -0.3 is 24.8 Å². The summed E-state index contributed by atoms with van der Waals surface area (Å²) in [6.07, 6.45) is 0. The molecule has 9 heteroatoms. The first kappa shape index (κ1) is 19.5. The number of carbonyl (C=O) groups is 3. The molecule has 2 N–H and O–H groups in total. The van der Waals surface area contributed by atoms with E-state index in [1.807, 2.05) is 0 Å². The quantitative estimate of drug-likeness (QED) is 0.741. The minimum atomic E-state index is -0.632. The number of ether oxygens (including phenoxy) is 3. The number of nitrogens with one attached hydrogen (secondary N) is 2. The fourth-order valence-corrected chi connectivity index (χ4v) is 2.92. The van der Waals surface area contributed by atoms with E-state index in [1.165, 1.54) is 32.0 Å². The SMILES string of the molecule is CC(=O)Nc1cc(NC(C)=O)cc(C(=O)OCc2cc(Cl)c3c(c2)OCO3)c1. The molecule has 146 valence electrons. The second kappa shape index (κ2) is 8.18. The van der Waals surface area contributed by atoms with E-state index in [9.17, 15) is 14.4 Å². The molecule has 8 nitrogen and oxygen atoms in total. The summed E-state index contributed by atoms with van der Waals surface area (Å²) in [6, 6.07) is 7.76. The summed E-state index contributed by atoms with van der Waals surface area (Å²) in [5.41, 5.74) is 1.51. The molecule has 2 aromatic rings. The standard InChI is InChI=1S/C19H17ClN2O6/c1-10(23)21-14-5-13(6-15(7-14)22-11(2)24)19(25)26-8-12-3-16(20)18-17(4-12)27-9-28-18/h3-7H,8-9H2,1-2H3,(H,21,23)(H,22,24). The molecular formula is C19H17ClN2O6. The lowest BCUT2D eigenvalue weighted by Crippen LogP contribution is -2.12. The highest BCUT2D eigenvalue weighted by molar-refractivity contribution is 6.32. The predicted molar refractivity (Wildman–Crippen MR) is 102 cm³/mol. The van der Waals surface area contributed by atoms with E-state index in [0.717, 1.165) is 0 Å². The zero-order valence-corrected chi connectivity index (χ0v) is 15.9. The number of fused-ring (bicyclic) bond motifs is 1. The topological polar surface area (TPSA) is 103 Å². The Bertz CT molecular complexity index is 925. The van der Waals surface area contributed by atoms with Crippen molar-refractivity contribution < 1.29 is 28.6 Å². The van der Waals surface area contributed by atoms with E-state index < -0.39 is 5.97 Å². The third-order valence-corrected chi connectivity index (χ3v) is 3.95. The van der Waals surface area contributed by atoms with E-state index in [-0.39, 0.29) is 30.8 Å². The lowest BCUT2D eigenvalue weighted by Gasteiger charge is -2.11. The molecule has 1 aliphatic heterocycles. The van der Waals surface area contributed by atoms with Crippen LogP contribution in [0.15, 0.2) is 30.3 Å². The molecule has 0 aromatic heterocycles. The molecule has 1 heterocycles. The number of benzene rings is 2. The van der Waals surface area contributed by atoms with E-state index in [1.54, 1.807) is 12.1 Å². The van der Waals surface area contributed by atoms with Crippen molar-refractivity contribution in [2.24, 2.45) is 0 Å². The van der Waals surface area contributed by atoms with Crippen molar-refractivity contribution in [3.8, 4) is 11.5 Å². The molecule has 0 unspecified atom stereocenters. The van der Waals surface area contributed by atoms with Gasteiger partial charge in [-0.25, -0.2) is 4.79 Å². The van der Waals surface area contributed by atoms with Crippen LogP contribution in [0.1, 0.15) is 29.8 Å². The molecule has 1 aliphatic rings. The number of esters is 1. The van der Waals surface area contributed by atoms with Crippen LogP contribution in [-0.2, 0) is 20.9 Å². The van der Waals surface area contributed by atoms with Gasteiger partial charge in [-0.3, -0.25) is 9.59 Å². The van der Waals surface area contributed by atoms with Gasteiger partial charge in [0, 0.05) is 25.2 Å². The Morgan fingerprint density at radius 1 is 1.00 bits per heavy atom. The lowest BCUT2D eigenvalue weighted by atomic mass is 10.1. The van der Waals surface area contributed by atoms with Gasteiger partial charge in [0.05, 0.1) is 10.6 Å². The predicted octanol–water partition coefficient (Wildman–Crippen LogP) is 3.34. The average molecular weight is 405 g/mol. The van der Waals surface area contributed by atoms with Crippen LogP contribution in [0.25, 0.3) is 0 Å². The molecule has 0 fully saturated rings. The van der Waals surface area contributed by atoms with Crippen molar-refractivity contribution in [3.63, 3.8) is 0 Å². The van der Waals surface area contributed by atoms with Crippen molar-refractivity contribution in [1.82, 2.24) is 0 Å². The molecule has 3 rings (SSSR count). The molecule has 0 aliphatic carbocycles. The summed E-state index contributed by atoms with van der Waals surface area (Å²) in [7, 11) is 0. The van der Waals surface area contributed by atoms with Crippen LogP contribution in [0, 0.1) is 0 Å². The molecule has 0 saturated carbocycles. The number of amides is 2. The number of halogens is 1. The summed E-state index contributed by atoms with van der Waals surface area (Å²) >= 11 is 6.12. The Morgan fingerprint density at radius 3 is 2.25 bits per heavy atom. The number of hydrogen-bond donors (Lipinski definition) is 2. The zero-order valence-electron chi connectivity index (χ0n) is 15.1. The van der Waals surface area contributed by atoms with E-state index >= 15 is 0 Å². The van der Waals surface area contributed by atoms with E-state index in [0.29, 0.717) is 33.5 Å². The van der Waals surface area contributed by atoms with E-state index in [4.69, 9.17) is 25.8 Å². The monoisotopic (exact) mass is 404 g/mol. The normalized spacial score (nSPS) is 11.7. The fraction of sp³-hybridized carbons (Fsp3) is 0.211. The van der Waals surface area contributed by atoms with Gasteiger partial charge in [0.2, 0.25) is 18.6 Å². The highest BCUT2D eigenvalue weighted by atomic mass is 35.5. The number of carbonyl (C=O) groups excluding carboxylic acids is 3. The molecule has 0 spiro atoms. The van der Waals surface area contributed by atoms with Gasteiger partial charge in [0.25, 0.3) is 0 Å². The van der Waals surface area contributed by atoms with Crippen LogP contribution in [0.3, 0.4) is 0 Å². The van der Waals surface area contributed by atoms with Gasteiger partial charge in [-0.05, 0) is 35.9 Å². The Kier molecular flexibility index (Phi) is 5.70. The molecule has 2 aromatic carbocycles. The maximum Gasteiger partial charge on any atom is 0.338 e. The van der Waals surface area contributed by atoms with Crippen LogP contribution in [0.4, 0.5) is 11.4 Å². The highest BCUT2D eigenvalue weighted by Gasteiger charge is 2.19. The highest BCUT2D eigenvalue weighted by Crippen LogP contribution is 2.40. The molecule has 0 atom stereocenters. The summed E-state index contributed by atoms with van der Waals surface area (Å²) < 4.78 is 15.9. The lowest BCUT2D eigenvalue weighted by molar-refractivity contribution is -0.115. The molecule has 0 bridgehead atoms. The van der Waals surface area contributed by atoms with Crippen LogP contribution < -0.4 is 20.1 Å². The maximum atomic E-state index is 12.5. The van der Waals surface area contributed by atoms with E-state index in [2.05, 4.69) is 10.6 Å². The number of anilines is 2. The van der Waals surface area contributed by atoms with Crippen molar-refractivity contribution in [1.29, 1.82) is 0 Å². The molecule has 2 amide bonds. The Balaban J connectivity index is 1.77. The smallest absolute Gasteiger partial charge is 0.338 e. The van der Waals surface area contributed by atoms with Gasteiger partial charge in [0.15, 0.2) is 11.5 Å². The summed E-state index contributed by atoms with van der Waals surface area (Å²) in [6.45, 7) is 2.72. The third-order valence-electron chi connectivity index (χ3n) is 3.67. The van der Waals surface area contributed by atoms with Crippen LogP contribution >= 0.6 is 11.6 Å². The second-order valence-electron chi connectivity index (χ2n) is 6.05. The Morgan fingerprint density at radius 2 is 1.64 bits per heavy atom. The molecule has 28 heavy (non-hydrogen) atoms. The molecular weight excluding hydrogens is 388 g/mol. The molecule has 0 radical (unpaired) electrons. The number of hydrogen-bond acceptors (Lipinski definition) is 6. The van der Waals surface area contributed by atoms with Crippen LogP contribution in [-0.4, -0.2) is 24.6 Å². The Hall–Kier alpha value is -3.26. The first-order chi connectivity index (χ1) is 13.3. The Labute approximate surface area is 165 Å². The van der Waals surface area contributed by atoms with Crippen molar-refractivity contribution >= 4 is 40.8 Å². The summed E-state index contributed by atoms with van der Waals surface area (Å²) in [5, 5.41) is 5.52. The van der Waals surface area contributed by atoms with Crippen molar-refractivity contribution in [2.45, 2.75) is 20.5 Å². The van der Waals surface area contributed by atoms with Crippen molar-refractivity contribution in [3.05, 3.63) is 46.5 Å². The first-order valence-corrected chi connectivity index (χ1v) is 8.65.